The quantitative estimate of drug-likeness (QED) is 0.206. The van der Waals surface area contributed by atoms with Crippen LogP contribution in [0.4, 0.5) is 11.9 Å². The van der Waals surface area contributed by atoms with Crippen LogP contribution in [0.25, 0.3) is 45.0 Å². The number of hydrogen-bond donors (Lipinski definition) is 2. The van der Waals surface area contributed by atoms with Gasteiger partial charge in [-0.1, -0.05) is 117 Å². The topological polar surface area (TPSA) is 129 Å². The van der Waals surface area contributed by atoms with Gasteiger partial charge in [-0.2, -0.15) is 0 Å². The van der Waals surface area contributed by atoms with Crippen molar-refractivity contribution in [2.24, 2.45) is 0 Å². The van der Waals surface area contributed by atoms with E-state index < -0.39 is 0 Å². The Hall–Kier alpha value is -4.54. The van der Waals surface area contributed by atoms with E-state index in [1.165, 1.54) is 0 Å². The average molecular weight is 654 g/mol. The van der Waals surface area contributed by atoms with Crippen molar-refractivity contribution in [2.75, 3.05) is 11.5 Å². The maximum absolute atomic E-state index is 5.68. The number of halogens is 2. The fourth-order valence-electron chi connectivity index (χ4n) is 3.93. The number of nitrogens with zero attached hydrogens (tertiary/aromatic N) is 6. The fraction of sp³-hybridized carbons (Fsp3) is 0. The molecule has 6 aromatic rings. The summed E-state index contributed by atoms with van der Waals surface area (Å²) in [6.07, 6.45) is 0. The van der Waals surface area contributed by atoms with Crippen LogP contribution in [0.1, 0.15) is 0 Å². The number of anilines is 2. The summed E-state index contributed by atoms with van der Waals surface area (Å²) in [6.45, 7) is 0. The molecule has 0 unspecified atom stereocenters. The lowest BCUT2D eigenvalue weighted by Crippen LogP contribution is -2.02. The zero-order chi connectivity index (χ0) is 27.9. The molecule has 0 bridgehead atoms. The van der Waals surface area contributed by atoms with E-state index in [0.717, 1.165) is 42.6 Å². The first-order valence-electron chi connectivity index (χ1n) is 12.1. The maximum Gasteiger partial charge on any atom is 0.240 e. The van der Waals surface area contributed by atoms with Gasteiger partial charge in [0.15, 0.2) is 0 Å². The molecule has 8 nitrogen and oxygen atoms in total. The lowest BCUT2D eigenvalue weighted by atomic mass is 10.0. The van der Waals surface area contributed by atoms with Crippen LogP contribution >= 0.6 is 31.9 Å². The highest BCUT2D eigenvalue weighted by atomic mass is 79.9. The largest absolute Gasteiger partial charge is 0.366 e. The second-order valence-electron chi connectivity index (χ2n) is 8.49. The normalized spacial score (nSPS) is 10.4. The molecule has 0 radical (unpaired) electrons. The minimum atomic E-state index is 0.169. The van der Waals surface area contributed by atoms with Gasteiger partial charge in [-0.15, -0.1) is 20.4 Å². The van der Waals surface area contributed by atoms with E-state index in [0.29, 0.717) is 11.4 Å². The molecule has 0 fully saturated rings. The van der Waals surface area contributed by atoms with Crippen LogP contribution in [0.2, 0.25) is 0 Å². The molecule has 0 saturated carbocycles. The van der Waals surface area contributed by atoms with E-state index in [1.54, 1.807) is 0 Å². The standard InChI is InChI=1S/2C15H11BrN4/c2*16-12-8-4-7-11(9-12)14-13(18-15(17)20-19-14)10-5-2-1-3-6-10/h2*1-9H,(H2,17,18,20). The second kappa shape index (κ2) is 12.5. The van der Waals surface area contributed by atoms with Gasteiger partial charge in [0.2, 0.25) is 11.9 Å². The summed E-state index contributed by atoms with van der Waals surface area (Å²) >= 11 is 6.92. The van der Waals surface area contributed by atoms with Crippen LogP contribution in [-0.2, 0) is 0 Å². The summed E-state index contributed by atoms with van der Waals surface area (Å²) < 4.78 is 1.96. The van der Waals surface area contributed by atoms with Gasteiger partial charge in [-0.05, 0) is 24.3 Å². The third-order valence-corrected chi connectivity index (χ3v) is 6.68. The summed E-state index contributed by atoms with van der Waals surface area (Å²) in [6, 6.07) is 35.4. The second-order valence-corrected chi connectivity index (χ2v) is 10.3. The van der Waals surface area contributed by atoms with Crippen molar-refractivity contribution in [1.29, 1.82) is 0 Å². The van der Waals surface area contributed by atoms with E-state index in [9.17, 15) is 0 Å². The third-order valence-electron chi connectivity index (χ3n) is 5.70. The molecule has 0 spiro atoms. The van der Waals surface area contributed by atoms with Gasteiger partial charge in [0.25, 0.3) is 0 Å². The number of aromatic nitrogens is 6. The van der Waals surface area contributed by atoms with Crippen molar-refractivity contribution in [1.82, 2.24) is 30.4 Å². The summed E-state index contributed by atoms with van der Waals surface area (Å²) in [5.41, 5.74) is 18.1. The summed E-state index contributed by atoms with van der Waals surface area (Å²) in [7, 11) is 0. The van der Waals surface area contributed by atoms with Gasteiger partial charge in [-0.25, -0.2) is 9.97 Å². The highest BCUT2D eigenvalue weighted by Crippen LogP contribution is 2.31. The molecule has 40 heavy (non-hydrogen) atoms. The first-order chi connectivity index (χ1) is 19.5. The van der Waals surface area contributed by atoms with Crippen LogP contribution in [0.15, 0.2) is 118 Å². The van der Waals surface area contributed by atoms with Crippen molar-refractivity contribution in [3.63, 3.8) is 0 Å². The third kappa shape index (κ3) is 6.53. The highest BCUT2D eigenvalue weighted by Gasteiger charge is 2.14. The monoisotopic (exact) mass is 652 g/mol. The van der Waals surface area contributed by atoms with Crippen molar-refractivity contribution >= 4 is 43.8 Å². The number of nitrogen functional groups attached to an aromatic ring is 2. The Kier molecular flexibility index (Phi) is 8.48. The zero-order valence-corrected chi connectivity index (χ0v) is 24.2. The Morgan fingerprint density at radius 1 is 0.400 bits per heavy atom. The van der Waals surface area contributed by atoms with Gasteiger partial charge in [0.1, 0.15) is 22.8 Å². The van der Waals surface area contributed by atoms with Crippen LogP contribution in [0.5, 0.6) is 0 Å². The van der Waals surface area contributed by atoms with Crippen LogP contribution in [0, 0.1) is 0 Å². The first kappa shape index (κ1) is 27.0. The van der Waals surface area contributed by atoms with E-state index in [2.05, 4.69) is 62.2 Å². The molecule has 2 aromatic heterocycles. The Morgan fingerprint density at radius 3 is 1.15 bits per heavy atom. The van der Waals surface area contributed by atoms with Gasteiger partial charge in [0, 0.05) is 31.2 Å². The molecule has 2 heterocycles. The van der Waals surface area contributed by atoms with Gasteiger partial charge >= 0.3 is 0 Å². The first-order valence-corrected chi connectivity index (χ1v) is 13.7. The number of rotatable bonds is 4. The minimum Gasteiger partial charge on any atom is -0.366 e. The summed E-state index contributed by atoms with van der Waals surface area (Å²) in [5.74, 6) is 0.338. The number of benzene rings is 4. The molecule has 0 saturated heterocycles. The van der Waals surface area contributed by atoms with Gasteiger partial charge in [0.05, 0.1) is 0 Å². The van der Waals surface area contributed by atoms with Crippen molar-refractivity contribution in [3.05, 3.63) is 118 Å². The fourth-order valence-corrected chi connectivity index (χ4v) is 4.73. The molecular formula is C30H22Br2N8. The molecular weight excluding hydrogens is 632 g/mol. The van der Waals surface area contributed by atoms with E-state index in [-0.39, 0.29) is 11.9 Å². The molecule has 0 aliphatic rings. The predicted octanol–water partition coefficient (Wildman–Crippen LogP) is 7.10. The van der Waals surface area contributed by atoms with Crippen molar-refractivity contribution in [3.8, 4) is 45.0 Å². The molecule has 0 aliphatic carbocycles. The number of hydrogen-bond acceptors (Lipinski definition) is 8. The molecule has 0 atom stereocenters. The zero-order valence-electron chi connectivity index (χ0n) is 21.0. The lowest BCUT2D eigenvalue weighted by Gasteiger charge is -2.08. The molecule has 10 heteroatoms. The average Bonchev–Trinajstić information content (AvgIpc) is 2.98. The van der Waals surface area contributed by atoms with Gasteiger partial charge < -0.3 is 11.5 Å². The maximum atomic E-state index is 5.68. The summed E-state index contributed by atoms with van der Waals surface area (Å²) in [5, 5.41) is 16.2. The van der Waals surface area contributed by atoms with Crippen molar-refractivity contribution in [2.45, 2.75) is 0 Å². The molecule has 0 aliphatic heterocycles. The van der Waals surface area contributed by atoms with Crippen LogP contribution in [0.3, 0.4) is 0 Å². The van der Waals surface area contributed by atoms with E-state index in [4.69, 9.17) is 11.5 Å². The lowest BCUT2D eigenvalue weighted by molar-refractivity contribution is 0.997. The molecule has 0 amide bonds. The molecule has 4 N–H and O–H groups in total. The van der Waals surface area contributed by atoms with Crippen molar-refractivity contribution < 1.29 is 0 Å². The van der Waals surface area contributed by atoms with Crippen LogP contribution in [-0.4, -0.2) is 30.4 Å². The predicted molar refractivity (Wildman–Crippen MR) is 166 cm³/mol. The minimum absolute atomic E-state index is 0.169. The SMILES string of the molecule is Nc1nnc(-c2cccc(Br)c2)c(-c2ccccc2)n1.Nc1nnc(-c2cccc(Br)c2)c(-c2ccccc2)n1. The summed E-state index contributed by atoms with van der Waals surface area (Å²) in [4.78, 5) is 8.68. The number of nitrogens with two attached hydrogens (primary N) is 2. The Balaban J connectivity index is 0.000000161. The van der Waals surface area contributed by atoms with Crippen LogP contribution < -0.4 is 11.5 Å². The van der Waals surface area contributed by atoms with E-state index >= 15 is 0 Å². The molecule has 196 valence electrons. The molecule has 4 aromatic carbocycles. The molecule has 6 rings (SSSR count). The Bertz CT molecular complexity index is 1620. The van der Waals surface area contributed by atoms with Gasteiger partial charge in [-0.3, -0.25) is 0 Å². The smallest absolute Gasteiger partial charge is 0.240 e. The highest BCUT2D eigenvalue weighted by molar-refractivity contribution is 9.10. The van der Waals surface area contributed by atoms with E-state index in [1.807, 2.05) is 109 Å². The Labute approximate surface area is 247 Å². The Morgan fingerprint density at radius 2 is 0.775 bits per heavy atom.